The number of hydrogen-bond acceptors (Lipinski definition) is 3. The van der Waals surface area contributed by atoms with Crippen LogP contribution in [0.1, 0.15) is 0 Å². The highest BCUT2D eigenvalue weighted by Gasteiger charge is 2.06. The number of benzene rings is 1. The van der Waals surface area contributed by atoms with Gasteiger partial charge in [-0.25, -0.2) is 4.79 Å². The standard InChI is InChI=1S/C7H8N2O3/c8-4-2-1-3-5(10)6(4)9-7(11)12/h1-3,9-10H,8H2,(H,11,12). The van der Waals surface area contributed by atoms with Crippen molar-refractivity contribution in [2.24, 2.45) is 0 Å². The SMILES string of the molecule is Nc1cccc(O)c1NC(=O)O. The van der Waals surface area contributed by atoms with Gasteiger partial charge in [-0.3, -0.25) is 5.32 Å². The molecule has 5 heteroatoms. The van der Waals surface area contributed by atoms with Gasteiger partial charge in [0.05, 0.1) is 5.69 Å². The maximum Gasteiger partial charge on any atom is 0.409 e. The van der Waals surface area contributed by atoms with Crippen LogP contribution in [0, 0.1) is 0 Å². The maximum absolute atomic E-state index is 10.2. The molecule has 0 aliphatic rings. The number of nitrogens with two attached hydrogens (primary N) is 1. The molecule has 5 N–H and O–H groups in total. The van der Waals surface area contributed by atoms with Crippen molar-refractivity contribution in [1.29, 1.82) is 0 Å². The van der Waals surface area contributed by atoms with E-state index in [1.54, 1.807) is 0 Å². The van der Waals surface area contributed by atoms with E-state index in [1.165, 1.54) is 18.2 Å². The van der Waals surface area contributed by atoms with E-state index in [4.69, 9.17) is 15.9 Å². The van der Waals surface area contributed by atoms with Crippen LogP contribution in [0.3, 0.4) is 0 Å². The number of anilines is 2. The topological polar surface area (TPSA) is 95.6 Å². The predicted molar refractivity (Wildman–Crippen MR) is 44.2 cm³/mol. The molecule has 0 fully saturated rings. The van der Waals surface area contributed by atoms with Crippen LogP contribution in [0.25, 0.3) is 0 Å². The number of nitrogen functional groups attached to an aromatic ring is 1. The van der Waals surface area contributed by atoms with Crippen molar-refractivity contribution in [2.75, 3.05) is 11.1 Å². The minimum Gasteiger partial charge on any atom is -0.506 e. The summed E-state index contributed by atoms with van der Waals surface area (Å²) in [6.45, 7) is 0. The summed E-state index contributed by atoms with van der Waals surface area (Å²) in [4.78, 5) is 10.2. The largest absolute Gasteiger partial charge is 0.506 e. The third kappa shape index (κ3) is 1.57. The number of hydrogen-bond donors (Lipinski definition) is 4. The van der Waals surface area contributed by atoms with Crippen molar-refractivity contribution in [3.63, 3.8) is 0 Å². The van der Waals surface area contributed by atoms with Gasteiger partial charge in [0.15, 0.2) is 0 Å². The monoisotopic (exact) mass is 168 g/mol. The molecule has 0 unspecified atom stereocenters. The average molecular weight is 168 g/mol. The third-order valence-corrected chi connectivity index (χ3v) is 1.31. The normalized spacial score (nSPS) is 9.33. The first-order valence-electron chi connectivity index (χ1n) is 3.18. The zero-order valence-corrected chi connectivity index (χ0v) is 6.11. The van der Waals surface area contributed by atoms with Crippen molar-refractivity contribution in [1.82, 2.24) is 0 Å². The van der Waals surface area contributed by atoms with E-state index in [0.29, 0.717) is 0 Å². The fourth-order valence-corrected chi connectivity index (χ4v) is 0.801. The van der Waals surface area contributed by atoms with Gasteiger partial charge in [0.2, 0.25) is 0 Å². The Balaban J connectivity index is 3.04. The number of amides is 1. The minimum absolute atomic E-state index is 0.0185. The van der Waals surface area contributed by atoms with Crippen LogP contribution >= 0.6 is 0 Å². The van der Waals surface area contributed by atoms with Crippen molar-refractivity contribution in [3.05, 3.63) is 18.2 Å². The van der Waals surface area contributed by atoms with Gasteiger partial charge in [0.25, 0.3) is 0 Å². The fraction of sp³-hybridized carbons (Fsp3) is 0. The first kappa shape index (κ1) is 8.19. The van der Waals surface area contributed by atoms with Crippen molar-refractivity contribution < 1.29 is 15.0 Å². The van der Waals surface area contributed by atoms with E-state index >= 15 is 0 Å². The van der Waals surface area contributed by atoms with Crippen LogP contribution in [-0.2, 0) is 0 Å². The second kappa shape index (κ2) is 3.00. The van der Waals surface area contributed by atoms with Crippen molar-refractivity contribution >= 4 is 17.5 Å². The maximum atomic E-state index is 10.2. The molecule has 0 spiro atoms. The molecule has 1 rings (SSSR count). The number of phenolic OH excluding ortho intramolecular Hbond substituents is 1. The molecular formula is C7H8N2O3. The zero-order chi connectivity index (χ0) is 9.14. The Bertz CT molecular complexity index is 291. The Labute approximate surface area is 68.4 Å². The molecule has 1 aromatic carbocycles. The second-order valence-corrected chi connectivity index (χ2v) is 2.17. The molecule has 0 radical (unpaired) electrons. The van der Waals surface area contributed by atoms with Crippen LogP contribution in [-0.4, -0.2) is 16.3 Å². The number of para-hydroxylation sites is 1. The molecule has 1 aromatic rings. The molecule has 0 aromatic heterocycles. The molecule has 0 atom stereocenters. The molecule has 0 saturated carbocycles. The molecule has 0 aliphatic heterocycles. The minimum atomic E-state index is -1.26. The van der Waals surface area contributed by atoms with Crippen LogP contribution in [0.2, 0.25) is 0 Å². The molecule has 12 heavy (non-hydrogen) atoms. The first-order chi connectivity index (χ1) is 5.61. The van der Waals surface area contributed by atoms with Gasteiger partial charge in [-0.05, 0) is 12.1 Å². The van der Waals surface area contributed by atoms with Gasteiger partial charge in [0, 0.05) is 0 Å². The summed E-state index contributed by atoms with van der Waals surface area (Å²) in [5.41, 5.74) is 5.59. The van der Waals surface area contributed by atoms with Gasteiger partial charge in [-0.1, -0.05) is 6.07 Å². The third-order valence-electron chi connectivity index (χ3n) is 1.31. The van der Waals surface area contributed by atoms with Crippen LogP contribution in [0.4, 0.5) is 16.2 Å². The Hall–Kier alpha value is -1.91. The number of phenols is 1. The number of carbonyl (C=O) groups is 1. The number of nitrogens with one attached hydrogen (secondary N) is 1. The molecule has 64 valence electrons. The highest BCUT2D eigenvalue weighted by Crippen LogP contribution is 2.28. The van der Waals surface area contributed by atoms with Gasteiger partial charge in [-0.2, -0.15) is 0 Å². The Morgan fingerprint density at radius 2 is 2.17 bits per heavy atom. The predicted octanol–water partition coefficient (Wildman–Crippen LogP) is 1.06. The summed E-state index contributed by atoms with van der Waals surface area (Å²) in [6, 6.07) is 4.37. The van der Waals surface area contributed by atoms with E-state index in [9.17, 15) is 4.79 Å². The van der Waals surface area contributed by atoms with Crippen molar-refractivity contribution in [3.8, 4) is 5.75 Å². The lowest BCUT2D eigenvalue weighted by Gasteiger charge is -2.05. The molecule has 1 amide bonds. The lowest BCUT2D eigenvalue weighted by molar-refractivity contribution is 0.209. The van der Waals surface area contributed by atoms with Gasteiger partial charge in [-0.15, -0.1) is 0 Å². The molecular weight excluding hydrogens is 160 g/mol. The lowest BCUT2D eigenvalue weighted by Crippen LogP contribution is -2.09. The summed E-state index contributed by atoms with van der Waals surface area (Å²) in [6.07, 6.45) is -1.26. The van der Waals surface area contributed by atoms with Crippen molar-refractivity contribution in [2.45, 2.75) is 0 Å². The smallest absolute Gasteiger partial charge is 0.409 e. The molecule has 0 aliphatic carbocycles. The van der Waals surface area contributed by atoms with E-state index in [0.717, 1.165) is 0 Å². The van der Waals surface area contributed by atoms with Crippen LogP contribution in [0.5, 0.6) is 5.75 Å². The Morgan fingerprint density at radius 1 is 1.50 bits per heavy atom. The van der Waals surface area contributed by atoms with E-state index in [2.05, 4.69) is 0 Å². The zero-order valence-electron chi connectivity index (χ0n) is 6.11. The van der Waals surface area contributed by atoms with Crippen LogP contribution < -0.4 is 11.1 Å². The Morgan fingerprint density at radius 3 is 2.67 bits per heavy atom. The summed E-state index contributed by atoms with van der Waals surface area (Å²) < 4.78 is 0. The quantitative estimate of drug-likeness (QED) is 0.372. The summed E-state index contributed by atoms with van der Waals surface area (Å²) >= 11 is 0. The Kier molecular flexibility index (Phi) is 2.05. The van der Waals surface area contributed by atoms with E-state index < -0.39 is 6.09 Å². The van der Waals surface area contributed by atoms with E-state index in [-0.39, 0.29) is 17.1 Å². The molecule has 0 saturated heterocycles. The highest BCUT2D eigenvalue weighted by atomic mass is 16.4. The first-order valence-corrected chi connectivity index (χ1v) is 3.18. The summed E-state index contributed by atoms with van der Waals surface area (Å²) in [5, 5.41) is 19.5. The number of carboxylic acid groups (broad SMARTS) is 1. The number of aromatic hydroxyl groups is 1. The summed E-state index contributed by atoms with van der Waals surface area (Å²) in [5.74, 6) is -0.183. The fourth-order valence-electron chi connectivity index (χ4n) is 0.801. The van der Waals surface area contributed by atoms with Gasteiger partial charge in [0.1, 0.15) is 11.4 Å². The molecule has 0 heterocycles. The molecule has 0 bridgehead atoms. The van der Waals surface area contributed by atoms with Crippen LogP contribution in [0.15, 0.2) is 18.2 Å². The average Bonchev–Trinajstić information content (AvgIpc) is 1.97. The highest BCUT2D eigenvalue weighted by molar-refractivity contribution is 5.90. The number of rotatable bonds is 1. The van der Waals surface area contributed by atoms with Gasteiger partial charge < -0.3 is 15.9 Å². The van der Waals surface area contributed by atoms with E-state index in [1.807, 2.05) is 5.32 Å². The summed E-state index contributed by atoms with van der Waals surface area (Å²) in [7, 11) is 0. The lowest BCUT2D eigenvalue weighted by atomic mass is 10.2. The molecule has 5 nitrogen and oxygen atoms in total. The second-order valence-electron chi connectivity index (χ2n) is 2.17. The van der Waals surface area contributed by atoms with Gasteiger partial charge >= 0.3 is 6.09 Å².